The standard InChI is InChI=1S/C23H23ClN2O4S/c1-31(28,29)26(20-13-9-18(24)10-14-20)17-5-8-23(27)25-19-11-15-22(16-12-19)30-21-6-3-2-4-7-21/h2-4,6-7,9-16H,5,8,17H2,1H3,(H,25,27). The van der Waals surface area contributed by atoms with Crippen LogP contribution in [0.15, 0.2) is 78.9 Å². The fourth-order valence-corrected chi connectivity index (χ4v) is 4.02. The predicted octanol–water partition coefficient (Wildman–Crippen LogP) is 5.32. The summed E-state index contributed by atoms with van der Waals surface area (Å²) in [6, 6.07) is 23.0. The highest BCUT2D eigenvalue weighted by Gasteiger charge is 2.17. The maximum Gasteiger partial charge on any atom is 0.232 e. The summed E-state index contributed by atoms with van der Waals surface area (Å²) in [5.74, 6) is 1.20. The molecule has 3 aromatic carbocycles. The maximum absolute atomic E-state index is 12.3. The van der Waals surface area contributed by atoms with Gasteiger partial charge in [-0.05, 0) is 67.1 Å². The lowest BCUT2D eigenvalue weighted by Gasteiger charge is -2.22. The number of para-hydroxylation sites is 1. The summed E-state index contributed by atoms with van der Waals surface area (Å²) in [4.78, 5) is 12.3. The SMILES string of the molecule is CS(=O)(=O)N(CCCC(=O)Nc1ccc(Oc2ccccc2)cc1)c1ccc(Cl)cc1. The van der Waals surface area contributed by atoms with Crippen molar-refractivity contribution >= 4 is 38.9 Å². The fourth-order valence-electron chi connectivity index (χ4n) is 2.93. The monoisotopic (exact) mass is 458 g/mol. The number of carbonyl (C=O) groups excluding carboxylic acids is 1. The third-order valence-electron chi connectivity index (χ3n) is 4.40. The molecule has 6 nitrogen and oxygen atoms in total. The van der Waals surface area contributed by atoms with Crippen LogP contribution in [0.4, 0.5) is 11.4 Å². The third kappa shape index (κ3) is 7.01. The zero-order valence-corrected chi connectivity index (χ0v) is 18.6. The van der Waals surface area contributed by atoms with E-state index in [0.717, 1.165) is 12.0 Å². The Labute approximate surface area is 187 Å². The first-order chi connectivity index (χ1) is 14.8. The predicted molar refractivity (Wildman–Crippen MR) is 124 cm³/mol. The minimum absolute atomic E-state index is 0.182. The smallest absolute Gasteiger partial charge is 0.232 e. The van der Waals surface area contributed by atoms with Crippen LogP contribution in [0.1, 0.15) is 12.8 Å². The lowest BCUT2D eigenvalue weighted by atomic mass is 10.2. The number of hydrogen-bond donors (Lipinski definition) is 1. The number of hydrogen-bond acceptors (Lipinski definition) is 4. The first-order valence-corrected chi connectivity index (χ1v) is 11.9. The summed E-state index contributed by atoms with van der Waals surface area (Å²) < 4.78 is 31.3. The van der Waals surface area contributed by atoms with Crippen molar-refractivity contribution in [2.24, 2.45) is 0 Å². The number of nitrogens with one attached hydrogen (secondary N) is 1. The van der Waals surface area contributed by atoms with Crippen molar-refractivity contribution in [3.8, 4) is 11.5 Å². The molecule has 0 aliphatic rings. The first-order valence-electron chi connectivity index (χ1n) is 9.67. The quantitative estimate of drug-likeness (QED) is 0.471. The van der Waals surface area contributed by atoms with Crippen molar-refractivity contribution in [2.45, 2.75) is 12.8 Å². The van der Waals surface area contributed by atoms with E-state index in [-0.39, 0.29) is 18.9 Å². The number of anilines is 2. The van der Waals surface area contributed by atoms with Gasteiger partial charge in [-0.3, -0.25) is 9.10 Å². The molecular weight excluding hydrogens is 436 g/mol. The van der Waals surface area contributed by atoms with Crippen molar-refractivity contribution in [2.75, 3.05) is 22.4 Å². The lowest BCUT2D eigenvalue weighted by Crippen LogP contribution is -2.31. The highest BCUT2D eigenvalue weighted by molar-refractivity contribution is 7.92. The van der Waals surface area contributed by atoms with Crippen LogP contribution in [-0.4, -0.2) is 27.1 Å². The molecule has 3 aromatic rings. The van der Waals surface area contributed by atoms with Gasteiger partial charge in [-0.15, -0.1) is 0 Å². The van der Waals surface area contributed by atoms with Crippen LogP contribution < -0.4 is 14.4 Å². The average Bonchev–Trinajstić information content (AvgIpc) is 2.73. The summed E-state index contributed by atoms with van der Waals surface area (Å²) in [7, 11) is -3.47. The van der Waals surface area contributed by atoms with Crippen LogP contribution in [0.5, 0.6) is 11.5 Å². The van der Waals surface area contributed by atoms with E-state index in [2.05, 4.69) is 5.32 Å². The zero-order valence-electron chi connectivity index (χ0n) is 17.0. The molecule has 0 fully saturated rings. The molecule has 0 radical (unpaired) electrons. The van der Waals surface area contributed by atoms with Crippen LogP contribution in [0.25, 0.3) is 0 Å². The van der Waals surface area contributed by atoms with Gasteiger partial charge >= 0.3 is 0 Å². The number of sulfonamides is 1. The van der Waals surface area contributed by atoms with Crippen molar-refractivity contribution < 1.29 is 17.9 Å². The third-order valence-corrected chi connectivity index (χ3v) is 5.84. The number of carbonyl (C=O) groups is 1. The van der Waals surface area contributed by atoms with E-state index in [0.29, 0.717) is 28.6 Å². The van der Waals surface area contributed by atoms with Gasteiger partial charge in [-0.1, -0.05) is 29.8 Å². The molecule has 162 valence electrons. The van der Waals surface area contributed by atoms with E-state index in [1.54, 1.807) is 48.5 Å². The van der Waals surface area contributed by atoms with Crippen molar-refractivity contribution in [1.29, 1.82) is 0 Å². The van der Waals surface area contributed by atoms with Gasteiger partial charge in [0.1, 0.15) is 11.5 Å². The molecule has 0 aliphatic carbocycles. The second-order valence-corrected chi connectivity index (χ2v) is 9.25. The Morgan fingerprint density at radius 2 is 1.55 bits per heavy atom. The second kappa shape index (κ2) is 10.3. The molecule has 3 rings (SSSR count). The van der Waals surface area contributed by atoms with Gasteiger partial charge in [0.2, 0.25) is 15.9 Å². The molecule has 1 amide bonds. The number of halogens is 1. The molecule has 0 aliphatic heterocycles. The van der Waals surface area contributed by atoms with Crippen molar-refractivity contribution in [3.05, 3.63) is 83.9 Å². The van der Waals surface area contributed by atoms with Gasteiger partial charge in [0.15, 0.2) is 0 Å². The van der Waals surface area contributed by atoms with Gasteiger partial charge in [-0.25, -0.2) is 8.42 Å². The zero-order chi connectivity index (χ0) is 22.3. The Balaban J connectivity index is 1.51. The molecule has 0 saturated carbocycles. The van der Waals surface area contributed by atoms with Crippen molar-refractivity contribution in [3.63, 3.8) is 0 Å². The topological polar surface area (TPSA) is 75.7 Å². The number of nitrogens with zero attached hydrogens (tertiary/aromatic N) is 1. The summed E-state index contributed by atoms with van der Waals surface area (Å²) in [5.41, 5.74) is 1.16. The molecule has 0 atom stereocenters. The number of rotatable bonds is 9. The van der Waals surface area contributed by atoms with E-state index in [1.807, 2.05) is 30.3 Å². The molecule has 31 heavy (non-hydrogen) atoms. The largest absolute Gasteiger partial charge is 0.457 e. The molecule has 0 spiro atoms. The minimum atomic E-state index is -3.47. The Morgan fingerprint density at radius 1 is 0.935 bits per heavy atom. The molecule has 0 heterocycles. The molecule has 0 bridgehead atoms. The van der Waals surface area contributed by atoms with Crippen LogP contribution in [0, 0.1) is 0 Å². The van der Waals surface area contributed by atoms with Gasteiger partial charge in [0.05, 0.1) is 11.9 Å². The molecule has 0 saturated heterocycles. The summed E-state index contributed by atoms with van der Waals surface area (Å²) in [6.45, 7) is 0.192. The maximum atomic E-state index is 12.3. The Hall–Kier alpha value is -3.03. The van der Waals surface area contributed by atoms with E-state index in [1.165, 1.54) is 4.31 Å². The van der Waals surface area contributed by atoms with Crippen LogP contribution in [0.2, 0.25) is 5.02 Å². The molecular formula is C23H23ClN2O4S. The van der Waals surface area contributed by atoms with Gasteiger partial charge in [0.25, 0.3) is 0 Å². The van der Waals surface area contributed by atoms with Crippen molar-refractivity contribution in [1.82, 2.24) is 0 Å². The van der Waals surface area contributed by atoms with Crippen LogP contribution >= 0.6 is 11.6 Å². The lowest BCUT2D eigenvalue weighted by molar-refractivity contribution is -0.116. The Kier molecular flexibility index (Phi) is 7.55. The van der Waals surface area contributed by atoms with E-state index >= 15 is 0 Å². The highest BCUT2D eigenvalue weighted by atomic mass is 35.5. The summed E-state index contributed by atoms with van der Waals surface area (Å²) in [6.07, 6.45) is 1.69. The molecule has 8 heteroatoms. The van der Waals surface area contributed by atoms with Crippen LogP contribution in [0.3, 0.4) is 0 Å². The minimum Gasteiger partial charge on any atom is -0.457 e. The normalized spacial score (nSPS) is 11.0. The number of benzene rings is 3. The number of ether oxygens (including phenoxy) is 1. The molecule has 0 unspecified atom stereocenters. The first kappa shape index (κ1) is 22.7. The van der Waals surface area contributed by atoms with E-state index in [4.69, 9.17) is 16.3 Å². The average molecular weight is 459 g/mol. The van der Waals surface area contributed by atoms with Gasteiger partial charge in [-0.2, -0.15) is 0 Å². The second-order valence-electron chi connectivity index (χ2n) is 6.90. The van der Waals surface area contributed by atoms with Crippen LogP contribution in [-0.2, 0) is 14.8 Å². The Bertz CT molecular complexity index is 1100. The summed E-state index contributed by atoms with van der Waals surface area (Å²) >= 11 is 5.87. The Morgan fingerprint density at radius 3 is 2.16 bits per heavy atom. The van der Waals surface area contributed by atoms with E-state index < -0.39 is 10.0 Å². The number of amides is 1. The highest BCUT2D eigenvalue weighted by Crippen LogP contribution is 2.23. The van der Waals surface area contributed by atoms with Gasteiger partial charge in [0, 0.05) is 23.7 Å². The van der Waals surface area contributed by atoms with Gasteiger partial charge < -0.3 is 10.1 Å². The van der Waals surface area contributed by atoms with E-state index in [9.17, 15) is 13.2 Å². The summed E-state index contributed by atoms with van der Waals surface area (Å²) in [5, 5.41) is 3.34. The molecule has 1 N–H and O–H groups in total. The molecule has 0 aromatic heterocycles. The fraction of sp³-hybridized carbons (Fsp3) is 0.174.